The summed E-state index contributed by atoms with van der Waals surface area (Å²) in [6.45, 7) is 1.79. The zero-order valence-electron chi connectivity index (χ0n) is 7.31. The van der Waals surface area contributed by atoms with Gasteiger partial charge < -0.3 is 4.57 Å². The molecule has 0 aliphatic carbocycles. The minimum Gasteiger partial charge on any atom is -0.331 e. The summed E-state index contributed by atoms with van der Waals surface area (Å²) >= 11 is 0. The van der Waals surface area contributed by atoms with E-state index in [9.17, 15) is 8.78 Å². The van der Waals surface area contributed by atoms with Gasteiger partial charge in [-0.3, -0.25) is 0 Å². The summed E-state index contributed by atoms with van der Waals surface area (Å²) in [6, 6.07) is 2.27. The first-order chi connectivity index (χ1) is 6.09. The number of halogens is 2. The van der Waals surface area contributed by atoms with Gasteiger partial charge >= 0.3 is 0 Å². The molecule has 0 N–H and O–H groups in total. The Kier molecular flexibility index (Phi) is 1.58. The molecule has 2 rings (SSSR count). The molecule has 1 aromatic carbocycles. The van der Waals surface area contributed by atoms with Gasteiger partial charge in [0.1, 0.15) is 5.82 Å². The molecule has 13 heavy (non-hydrogen) atoms. The van der Waals surface area contributed by atoms with E-state index in [1.807, 2.05) is 0 Å². The highest BCUT2D eigenvalue weighted by molar-refractivity contribution is 5.76. The molecule has 0 aliphatic heterocycles. The van der Waals surface area contributed by atoms with Crippen LogP contribution in [0.5, 0.6) is 0 Å². The van der Waals surface area contributed by atoms with E-state index >= 15 is 0 Å². The first-order valence-corrected chi connectivity index (χ1v) is 3.87. The van der Waals surface area contributed by atoms with Crippen molar-refractivity contribution in [2.24, 2.45) is 7.05 Å². The molecule has 1 heterocycles. The lowest BCUT2D eigenvalue weighted by Gasteiger charge is -1.96. The van der Waals surface area contributed by atoms with E-state index < -0.39 is 11.6 Å². The van der Waals surface area contributed by atoms with Crippen LogP contribution < -0.4 is 0 Å². The summed E-state index contributed by atoms with van der Waals surface area (Å²) < 4.78 is 27.3. The Morgan fingerprint density at radius 3 is 2.54 bits per heavy atom. The summed E-state index contributed by atoms with van der Waals surface area (Å²) in [6.07, 6.45) is 0. The van der Waals surface area contributed by atoms with Crippen molar-refractivity contribution in [1.29, 1.82) is 0 Å². The van der Waals surface area contributed by atoms with Gasteiger partial charge in [-0.15, -0.1) is 0 Å². The zero-order valence-corrected chi connectivity index (χ0v) is 7.31. The number of fused-ring (bicyclic) bond motifs is 1. The van der Waals surface area contributed by atoms with Crippen LogP contribution in [0.4, 0.5) is 8.78 Å². The van der Waals surface area contributed by atoms with Crippen LogP contribution in [0.25, 0.3) is 11.0 Å². The van der Waals surface area contributed by atoms with E-state index in [1.54, 1.807) is 18.5 Å². The van der Waals surface area contributed by atoms with Crippen LogP contribution in [0.1, 0.15) is 5.82 Å². The maximum absolute atomic E-state index is 12.8. The lowest BCUT2D eigenvalue weighted by atomic mass is 10.3. The lowest BCUT2D eigenvalue weighted by Crippen LogP contribution is -1.91. The second kappa shape index (κ2) is 2.52. The molecule has 0 unspecified atom stereocenters. The van der Waals surface area contributed by atoms with Gasteiger partial charge in [0, 0.05) is 19.2 Å². The van der Waals surface area contributed by atoms with Crippen molar-refractivity contribution in [1.82, 2.24) is 9.55 Å². The van der Waals surface area contributed by atoms with Gasteiger partial charge in [0.15, 0.2) is 11.6 Å². The normalized spacial score (nSPS) is 11.1. The second-order valence-electron chi connectivity index (χ2n) is 2.97. The Morgan fingerprint density at radius 2 is 1.85 bits per heavy atom. The molecule has 0 radical (unpaired) electrons. The Balaban J connectivity index is 2.89. The van der Waals surface area contributed by atoms with E-state index in [0.717, 1.165) is 18.0 Å². The molecule has 0 fully saturated rings. The fourth-order valence-electron chi connectivity index (χ4n) is 1.31. The first kappa shape index (κ1) is 8.16. The Hall–Kier alpha value is -1.45. The summed E-state index contributed by atoms with van der Waals surface area (Å²) in [4.78, 5) is 4.07. The van der Waals surface area contributed by atoms with Gasteiger partial charge in [0.05, 0.1) is 11.0 Å². The predicted octanol–water partition coefficient (Wildman–Crippen LogP) is 2.16. The van der Waals surface area contributed by atoms with Crippen LogP contribution in [0.2, 0.25) is 0 Å². The van der Waals surface area contributed by atoms with Crippen LogP contribution in [0, 0.1) is 18.6 Å². The third kappa shape index (κ3) is 1.09. The number of aryl methyl sites for hydroxylation is 2. The van der Waals surface area contributed by atoms with Crippen molar-refractivity contribution in [3.63, 3.8) is 0 Å². The van der Waals surface area contributed by atoms with Gasteiger partial charge in [0.2, 0.25) is 0 Å². The van der Waals surface area contributed by atoms with Crippen molar-refractivity contribution in [3.05, 3.63) is 29.6 Å². The minimum atomic E-state index is -0.856. The van der Waals surface area contributed by atoms with Crippen LogP contribution in [-0.2, 0) is 7.05 Å². The molecule has 68 valence electrons. The number of imidazole rings is 1. The van der Waals surface area contributed by atoms with Crippen molar-refractivity contribution >= 4 is 11.0 Å². The highest BCUT2D eigenvalue weighted by Crippen LogP contribution is 2.18. The molecule has 2 nitrogen and oxygen atoms in total. The highest BCUT2D eigenvalue weighted by atomic mass is 19.2. The molecule has 4 heteroatoms. The third-order valence-electron chi connectivity index (χ3n) is 2.15. The number of hydrogen-bond donors (Lipinski definition) is 0. The topological polar surface area (TPSA) is 17.8 Å². The quantitative estimate of drug-likeness (QED) is 0.610. The summed E-state index contributed by atoms with van der Waals surface area (Å²) in [5.74, 6) is -0.957. The number of rotatable bonds is 0. The molecule has 0 aliphatic rings. The molecule has 0 atom stereocenters. The first-order valence-electron chi connectivity index (χ1n) is 3.87. The maximum atomic E-state index is 12.8. The molecule has 0 saturated carbocycles. The Morgan fingerprint density at radius 1 is 1.23 bits per heavy atom. The fourth-order valence-corrected chi connectivity index (χ4v) is 1.31. The van der Waals surface area contributed by atoms with E-state index in [1.165, 1.54) is 0 Å². The number of nitrogens with zero attached hydrogens (tertiary/aromatic N) is 2. The molecule has 0 amide bonds. The molecule has 0 bridgehead atoms. The third-order valence-corrected chi connectivity index (χ3v) is 2.15. The second-order valence-corrected chi connectivity index (χ2v) is 2.97. The standard InChI is InChI=1S/C9H8F2N2/c1-5-12-8-3-6(10)7(11)4-9(8)13(5)2/h3-4H,1-2H3. The largest absolute Gasteiger partial charge is 0.331 e. The van der Waals surface area contributed by atoms with E-state index in [4.69, 9.17) is 0 Å². The van der Waals surface area contributed by atoms with Crippen molar-refractivity contribution < 1.29 is 8.78 Å². The fraction of sp³-hybridized carbons (Fsp3) is 0.222. The van der Waals surface area contributed by atoms with Crippen molar-refractivity contribution in [3.8, 4) is 0 Å². The van der Waals surface area contributed by atoms with Crippen molar-refractivity contribution in [2.45, 2.75) is 6.92 Å². The highest BCUT2D eigenvalue weighted by Gasteiger charge is 2.09. The predicted molar refractivity (Wildman–Crippen MR) is 45.4 cm³/mol. The molecule has 2 aromatic rings. The molecule has 1 aromatic heterocycles. The SMILES string of the molecule is Cc1nc2cc(F)c(F)cc2n1C. The summed E-state index contributed by atoms with van der Waals surface area (Å²) in [7, 11) is 1.77. The smallest absolute Gasteiger partial charge is 0.161 e. The molecule has 0 saturated heterocycles. The molecular weight excluding hydrogens is 174 g/mol. The minimum absolute atomic E-state index is 0.485. The number of aromatic nitrogens is 2. The van der Waals surface area contributed by atoms with E-state index in [0.29, 0.717) is 11.0 Å². The number of benzene rings is 1. The van der Waals surface area contributed by atoms with Gasteiger partial charge in [-0.05, 0) is 6.92 Å². The van der Waals surface area contributed by atoms with Crippen LogP contribution in [0.15, 0.2) is 12.1 Å². The Bertz CT molecular complexity index is 474. The lowest BCUT2D eigenvalue weighted by molar-refractivity contribution is 0.510. The summed E-state index contributed by atoms with van der Waals surface area (Å²) in [5, 5.41) is 0. The van der Waals surface area contributed by atoms with Crippen LogP contribution in [-0.4, -0.2) is 9.55 Å². The average molecular weight is 182 g/mol. The molecular formula is C9H8F2N2. The number of hydrogen-bond acceptors (Lipinski definition) is 1. The van der Waals surface area contributed by atoms with Gasteiger partial charge in [-0.2, -0.15) is 0 Å². The maximum Gasteiger partial charge on any atom is 0.161 e. The van der Waals surface area contributed by atoms with Gasteiger partial charge in [0.25, 0.3) is 0 Å². The monoisotopic (exact) mass is 182 g/mol. The zero-order chi connectivity index (χ0) is 9.59. The van der Waals surface area contributed by atoms with Crippen LogP contribution in [0.3, 0.4) is 0 Å². The van der Waals surface area contributed by atoms with E-state index in [-0.39, 0.29) is 0 Å². The summed E-state index contributed by atoms with van der Waals surface area (Å²) in [5.41, 5.74) is 1.09. The van der Waals surface area contributed by atoms with Gasteiger partial charge in [-0.1, -0.05) is 0 Å². The average Bonchev–Trinajstić information content (AvgIpc) is 2.32. The Labute approximate surface area is 73.8 Å². The van der Waals surface area contributed by atoms with Crippen molar-refractivity contribution in [2.75, 3.05) is 0 Å². The van der Waals surface area contributed by atoms with Crippen LogP contribution >= 0.6 is 0 Å². The van der Waals surface area contributed by atoms with Gasteiger partial charge in [-0.25, -0.2) is 13.8 Å². The molecule has 0 spiro atoms. The van der Waals surface area contributed by atoms with E-state index in [2.05, 4.69) is 4.98 Å².